The largest absolute Gasteiger partial charge is 0.504 e. The van der Waals surface area contributed by atoms with Crippen molar-refractivity contribution in [3.05, 3.63) is 58.4 Å². The zero-order chi connectivity index (χ0) is 18.0. The molecule has 0 amide bonds. The molecule has 0 bridgehead atoms. The first-order chi connectivity index (χ1) is 12.0. The number of rotatable bonds is 5. The number of nitrogens with zero attached hydrogens (tertiary/aromatic N) is 1. The van der Waals surface area contributed by atoms with Crippen LogP contribution in [0.5, 0.6) is 11.5 Å². The van der Waals surface area contributed by atoms with Crippen LogP contribution in [-0.4, -0.2) is 31.2 Å². The van der Waals surface area contributed by atoms with Gasteiger partial charge >= 0.3 is 0 Å². The van der Waals surface area contributed by atoms with Crippen molar-refractivity contribution in [2.45, 2.75) is 23.8 Å². The van der Waals surface area contributed by atoms with Gasteiger partial charge in [-0.15, -0.1) is 0 Å². The Labute approximate surface area is 147 Å². The van der Waals surface area contributed by atoms with Gasteiger partial charge in [0.1, 0.15) is 0 Å². The van der Waals surface area contributed by atoms with E-state index in [-0.39, 0.29) is 28.4 Å². The number of para-hydroxylation sites is 1. The third-order valence-electron chi connectivity index (χ3n) is 3.77. The van der Waals surface area contributed by atoms with Crippen molar-refractivity contribution in [3.8, 4) is 11.5 Å². The quantitative estimate of drug-likeness (QED) is 0.281. The lowest BCUT2D eigenvalue weighted by molar-refractivity contribution is 0.0987. The SMILES string of the molecule is CCC(Sc1nc2ccccc2c(=O)[nH]1)C(=O)c1ccc(O)c(O)c1. The van der Waals surface area contributed by atoms with E-state index in [1.54, 1.807) is 24.3 Å². The number of carbonyl (C=O) groups excluding carboxylic acids is 1. The lowest BCUT2D eigenvalue weighted by Gasteiger charge is -2.13. The Morgan fingerprint density at radius 1 is 1.20 bits per heavy atom. The minimum absolute atomic E-state index is 0.210. The fourth-order valence-electron chi connectivity index (χ4n) is 2.44. The summed E-state index contributed by atoms with van der Waals surface area (Å²) in [4.78, 5) is 31.9. The van der Waals surface area contributed by atoms with Gasteiger partial charge in [0.2, 0.25) is 0 Å². The van der Waals surface area contributed by atoms with Crippen LogP contribution >= 0.6 is 11.8 Å². The van der Waals surface area contributed by atoms with E-state index >= 15 is 0 Å². The Hall–Kier alpha value is -2.80. The molecule has 6 nitrogen and oxygen atoms in total. The Morgan fingerprint density at radius 3 is 2.68 bits per heavy atom. The number of thioether (sulfide) groups is 1. The lowest BCUT2D eigenvalue weighted by atomic mass is 10.1. The van der Waals surface area contributed by atoms with Gasteiger partial charge in [-0.05, 0) is 36.8 Å². The van der Waals surface area contributed by atoms with E-state index in [2.05, 4.69) is 9.97 Å². The summed E-state index contributed by atoms with van der Waals surface area (Å²) in [6, 6.07) is 11.0. The van der Waals surface area contributed by atoms with E-state index < -0.39 is 5.25 Å². The summed E-state index contributed by atoms with van der Waals surface area (Å²) in [6.45, 7) is 1.86. The van der Waals surface area contributed by atoms with Gasteiger partial charge in [0.15, 0.2) is 22.4 Å². The number of benzene rings is 2. The molecule has 3 aromatic rings. The predicted molar refractivity (Wildman–Crippen MR) is 96.4 cm³/mol. The van der Waals surface area contributed by atoms with E-state index in [9.17, 15) is 19.8 Å². The molecule has 1 heterocycles. The zero-order valence-electron chi connectivity index (χ0n) is 13.4. The van der Waals surface area contributed by atoms with Crippen LogP contribution in [0.1, 0.15) is 23.7 Å². The van der Waals surface area contributed by atoms with Crippen LogP contribution in [0.3, 0.4) is 0 Å². The van der Waals surface area contributed by atoms with Crippen molar-refractivity contribution in [1.82, 2.24) is 9.97 Å². The molecule has 0 saturated heterocycles. The summed E-state index contributed by atoms with van der Waals surface area (Å²) >= 11 is 1.17. The van der Waals surface area contributed by atoms with Crippen LogP contribution in [0.15, 0.2) is 52.4 Å². The maximum absolute atomic E-state index is 12.7. The van der Waals surface area contributed by atoms with Crippen LogP contribution < -0.4 is 5.56 Å². The molecule has 1 atom stereocenters. The monoisotopic (exact) mass is 356 g/mol. The summed E-state index contributed by atoms with van der Waals surface area (Å²) in [7, 11) is 0. The van der Waals surface area contributed by atoms with Crippen LogP contribution in [0, 0.1) is 0 Å². The fraction of sp³-hybridized carbons (Fsp3) is 0.167. The summed E-state index contributed by atoms with van der Waals surface area (Å²) in [5.41, 5.74) is 0.605. The maximum Gasteiger partial charge on any atom is 0.259 e. The Kier molecular flexibility index (Phi) is 4.76. The highest BCUT2D eigenvalue weighted by Gasteiger charge is 2.22. The molecule has 0 aliphatic rings. The number of H-pyrrole nitrogens is 1. The number of aromatic nitrogens is 2. The van der Waals surface area contributed by atoms with Gasteiger partial charge in [-0.2, -0.15) is 0 Å². The van der Waals surface area contributed by atoms with E-state index in [0.717, 1.165) is 0 Å². The number of aromatic hydroxyl groups is 2. The van der Waals surface area contributed by atoms with Gasteiger partial charge in [-0.25, -0.2) is 4.98 Å². The van der Waals surface area contributed by atoms with E-state index in [1.165, 1.54) is 30.0 Å². The molecule has 1 aromatic heterocycles. The van der Waals surface area contributed by atoms with Crippen LogP contribution in [0.25, 0.3) is 10.9 Å². The summed E-state index contributed by atoms with van der Waals surface area (Å²) in [5, 5.41) is 19.3. The second kappa shape index (κ2) is 6.98. The number of phenolic OH excluding ortho intramolecular Hbond substituents is 2. The molecule has 3 N–H and O–H groups in total. The van der Waals surface area contributed by atoms with Crippen LogP contribution in [0.4, 0.5) is 0 Å². The molecule has 7 heteroatoms. The third kappa shape index (κ3) is 3.51. The number of Topliss-reactive ketones (excluding diaryl/α,β-unsaturated/α-hetero) is 1. The number of nitrogens with one attached hydrogen (secondary N) is 1. The van der Waals surface area contributed by atoms with Gasteiger partial charge in [-0.3, -0.25) is 9.59 Å². The van der Waals surface area contributed by atoms with Crippen molar-refractivity contribution < 1.29 is 15.0 Å². The van der Waals surface area contributed by atoms with Crippen LogP contribution in [0.2, 0.25) is 0 Å². The highest BCUT2D eigenvalue weighted by molar-refractivity contribution is 8.00. The molecule has 0 radical (unpaired) electrons. The number of carbonyl (C=O) groups is 1. The van der Waals surface area contributed by atoms with Gasteiger partial charge < -0.3 is 15.2 Å². The molecule has 1 unspecified atom stereocenters. The number of hydrogen-bond acceptors (Lipinski definition) is 6. The van der Waals surface area contributed by atoms with Gasteiger partial charge in [0.25, 0.3) is 5.56 Å². The normalized spacial score (nSPS) is 12.2. The van der Waals surface area contributed by atoms with E-state index in [1.807, 2.05) is 6.92 Å². The maximum atomic E-state index is 12.7. The van der Waals surface area contributed by atoms with E-state index in [0.29, 0.717) is 22.5 Å². The molecule has 128 valence electrons. The first kappa shape index (κ1) is 17.0. The second-order valence-electron chi connectivity index (χ2n) is 5.47. The standard InChI is InChI=1S/C18H16N2O4S/c1-2-15(16(23)10-7-8-13(21)14(22)9-10)25-18-19-12-6-4-3-5-11(12)17(24)20-18/h3-9,15,21-22H,2H2,1H3,(H,19,20,24). The molecule has 0 aliphatic heterocycles. The molecule has 0 fully saturated rings. The molecule has 3 rings (SSSR count). The molecule has 2 aromatic carbocycles. The minimum Gasteiger partial charge on any atom is -0.504 e. The zero-order valence-corrected chi connectivity index (χ0v) is 14.2. The van der Waals surface area contributed by atoms with Gasteiger partial charge in [0.05, 0.1) is 16.2 Å². The summed E-state index contributed by atoms with van der Waals surface area (Å²) in [6.07, 6.45) is 0.516. The molecule has 0 aliphatic carbocycles. The lowest BCUT2D eigenvalue weighted by Crippen LogP contribution is -2.18. The van der Waals surface area contributed by atoms with Gasteiger partial charge in [0, 0.05) is 5.56 Å². The molecule has 0 spiro atoms. The highest BCUT2D eigenvalue weighted by atomic mass is 32.2. The molecule has 25 heavy (non-hydrogen) atoms. The van der Waals surface area contributed by atoms with Crippen LogP contribution in [-0.2, 0) is 0 Å². The number of phenols is 2. The van der Waals surface area contributed by atoms with Crippen molar-refractivity contribution >= 4 is 28.4 Å². The molecular weight excluding hydrogens is 340 g/mol. The summed E-state index contributed by atoms with van der Waals surface area (Å²) < 4.78 is 0. The Balaban J connectivity index is 1.90. The molecular formula is C18H16N2O4S. The first-order valence-corrected chi connectivity index (χ1v) is 8.59. The van der Waals surface area contributed by atoms with Crippen molar-refractivity contribution in [1.29, 1.82) is 0 Å². The first-order valence-electron chi connectivity index (χ1n) is 7.71. The number of ketones is 1. The smallest absolute Gasteiger partial charge is 0.259 e. The highest BCUT2D eigenvalue weighted by Crippen LogP contribution is 2.29. The van der Waals surface area contributed by atoms with Crippen molar-refractivity contribution in [2.24, 2.45) is 0 Å². The predicted octanol–water partition coefficient (Wildman–Crippen LogP) is 3.09. The second-order valence-corrected chi connectivity index (χ2v) is 6.66. The number of hydrogen-bond donors (Lipinski definition) is 3. The summed E-state index contributed by atoms with van der Waals surface area (Å²) in [5.74, 6) is -0.834. The van der Waals surface area contributed by atoms with Gasteiger partial charge in [-0.1, -0.05) is 30.8 Å². The Bertz CT molecular complexity index is 1000. The number of fused-ring (bicyclic) bond motifs is 1. The fourth-order valence-corrected chi connectivity index (χ4v) is 3.42. The minimum atomic E-state index is -0.478. The average molecular weight is 356 g/mol. The Morgan fingerprint density at radius 2 is 1.96 bits per heavy atom. The topological polar surface area (TPSA) is 103 Å². The van der Waals surface area contributed by atoms with E-state index in [4.69, 9.17) is 0 Å². The van der Waals surface area contributed by atoms with Crippen molar-refractivity contribution in [2.75, 3.05) is 0 Å². The van der Waals surface area contributed by atoms with Crippen molar-refractivity contribution in [3.63, 3.8) is 0 Å². The number of aromatic amines is 1. The third-order valence-corrected chi connectivity index (χ3v) is 5.02. The molecule has 0 saturated carbocycles. The average Bonchev–Trinajstić information content (AvgIpc) is 2.61.